The number of piperidine rings is 1. The number of carbonyl (C=O) groups is 2. The van der Waals surface area contributed by atoms with Crippen LogP contribution in [0, 0.1) is 5.92 Å². The summed E-state index contributed by atoms with van der Waals surface area (Å²) >= 11 is 0. The van der Waals surface area contributed by atoms with Crippen molar-refractivity contribution >= 4 is 22.8 Å². The smallest absolute Gasteiger partial charge is 0.245 e. The van der Waals surface area contributed by atoms with Gasteiger partial charge < -0.3 is 15.2 Å². The number of hydrogen-bond acceptors (Lipinski definition) is 3. The molecule has 2 N–H and O–H groups in total. The second kappa shape index (κ2) is 5.79. The maximum absolute atomic E-state index is 12.7. The molecule has 0 bridgehead atoms. The molecular formula is C16H20N4O2. The Bertz CT molecular complexity index is 701. The van der Waals surface area contributed by atoms with Crippen LogP contribution >= 0.6 is 0 Å². The number of fused-ring (bicyclic) bond motifs is 1. The van der Waals surface area contributed by atoms with Gasteiger partial charge in [0, 0.05) is 19.0 Å². The van der Waals surface area contributed by atoms with Gasteiger partial charge in [-0.1, -0.05) is 12.1 Å². The van der Waals surface area contributed by atoms with Gasteiger partial charge in [-0.2, -0.15) is 0 Å². The van der Waals surface area contributed by atoms with Crippen LogP contribution in [-0.2, 0) is 9.59 Å². The third-order valence-electron chi connectivity index (χ3n) is 4.46. The van der Waals surface area contributed by atoms with Gasteiger partial charge >= 0.3 is 0 Å². The van der Waals surface area contributed by atoms with Crippen LogP contribution in [0.15, 0.2) is 30.6 Å². The van der Waals surface area contributed by atoms with Crippen molar-refractivity contribution in [3.05, 3.63) is 30.6 Å². The molecule has 6 heteroatoms. The van der Waals surface area contributed by atoms with Gasteiger partial charge in [-0.15, -0.1) is 0 Å². The van der Waals surface area contributed by atoms with Crippen molar-refractivity contribution in [2.45, 2.75) is 25.8 Å². The number of aromatic nitrogens is 2. The number of nitrogens with two attached hydrogens (primary N) is 1. The lowest BCUT2D eigenvalue weighted by Gasteiger charge is -2.32. The SMILES string of the molecule is CC(C(=O)N1CCC(C(N)=O)CC1)n1cnc2ccccc21. The molecule has 2 amide bonds. The first-order valence-corrected chi connectivity index (χ1v) is 7.57. The molecule has 22 heavy (non-hydrogen) atoms. The summed E-state index contributed by atoms with van der Waals surface area (Å²) in [5.41, 5.74) is 7.17. The minimum atomic E-state index is -0.308. The summed E-state index contributed by atoms with van der Waals surface area (Å²) in [6.45, 7) is 3.06. The molecule has 1 aromatic heterocycles. The fourth-order valence-corrected chi connectivity index (χ4v) is 3.05. The molecule has 2 aromatic rings. The van der Waals surface area contributed by atoms with Crippen LogP contribution in [0.5, 0.6) is 0 Å². The van der Waals surface area contributed by atoms with Gasteiger partial charge in [-0.05, 0) is 31.9 Å². The third kappa shape index (κ3) is 2.56. The summed E-state index contributed by atoms with van der Waals surface area (Å²) in [6.07, 6.45) is 3.01. The van der Waals surface area contributed by atoms with Gasteiger partial charge in [0.15, 0.2) is 0 Å². The van der Waals surface area contributed by atoms with Crippen LogP contribution in [0.3, 0.4) is 0 Å². The van der Waals surface area contributed by atoms with E-state index in [2.05, 4.69) is 4.98 Å². The molecule has 1 saturated heterocycles. The molecule has 1 fully saturated rings. The fourth-order valence-electron chi connectivity index (χ4n) is 3.05. The zero-order valence-corrected chi connectivity index (χ0v) is 12.6. The van der Waals surface area contributed by atoms with E-state index in [1.54, 1.807) is 6.33 Å². The second-order valence-electron chi connectivity index (χ2n) is 5.82. The minimum Gasteiger partial charge on any atom is -0.369 e. The predicted octanol–water partition coefficient (Wildman–Crippen LogP) is 1.32. The average Bonchev–Trinajstić information content (AvgIpc) is 2.97. The van der Waals surface area contributed by atoms with Crippen molar-refractivity contribution in [3.8, 4) is 0 Å². The van der Waals surface area contributed by atoms with E-state index in [4.69, 9.17) is 5.73 Å². The molecule has 1 aromatic carbocycles. The molecule has 0 spiro atoms. The Balaban J connectivity index is 1.74. The Morgan fingerprint density at radius 2 is 1.95 bits per heavy atom. The number of primary amides is 1. The Morgan fingerprint density at radius 1 is 1.27 bits per heavy atom. The van der Waals surface area contributed by atoms with Gasteiger partial charge in [-0.25, -0.2) is 4.98 Å². The summed E-state index contributed by atoms with van der Waals surface area (Å²) in [5.74, 6) is -0.305. The number of hydrogen-bond donors (Lipinski definition) is 1. The van der Waals surface area contributed by atoms with E-state index in [0.29, 0.717) is 25.9 Å². The summed E-state index contributed by atoms with van der Waals surface area (Å²) in [6, 6.07) is 7.46. The monoisotopic (exact) mass is 300 g/mol. The molecule has 1 atom stereocenters. The van der Waals surface area contributed by atoms with E-state index in [1.165, 1.54) is 0 Å². The van der Waals surface area contributed by atoms with Crippen LogP contribution in [0.25, 0.3) is 11.0 Å². The van der Waals surface area contributed by atoms with Crippen molar-refractivity contribution in [1.29, 1.82) is 0 Å². The predicted molar refractivity (Wildman–Crippen MR) is 82.9 cm³/mol. The van der Waals surface area contributed by atoms with Crippen LogP contribution in [-0.4, -0.2) is 39.4 Å². The van der Waals surface area contributed by atoms with Gasteiger partial charge in [0.25, 0.3) is 0 Å². The zero-order chi connectivity index (χ0) is 15.7. The summed E-state index contributed by atoms with van der Waals surface area (Å²) in [5, 5.41) is 0. The van der Waals surface area contributed by atoms with Crippen molar-refractivity contribution in [1.82, 2.24) is 14.5 Å². The highest BCUT2D eigenvalue weighted by Crippen LogP contribution is 2.22. The highest BCUT2D eigenvalue weighted by atomic mass is 16.2. The number of para-hydroxylation sites is 2. The summed E-state index contributed by atoms with van der Waals surface area (Å²) in [4.78, 5) is 30.0. The number of imidazole rings is 1. The van der Waals surface area contributed by atoms with E-state index < -0.39 is 0 Å². The molecule has 3 rings (SSSR count). The number of rotatable bonds is 3. The molecule has 1 unspecified atom stereocenters. The van der Waals surface area contributed by atoms with Crippen molar-refractivity contribution in [3.63, 3.8) is 0 Å². The van der Waals surface area contributed by atoms with Crippen molar-refractivity contribution in [2.24, 2.45) is 11.7 Å². The number of nitrogens with zero attached hydrogens (tertiary/aromatic N) is 3. The lowest BCUT2D eigenvalue weighted by molar-refractivity contribution is -0.137. The molecule has 1 aliphatic heterocycles. The number of carbonyl (C=O) groups excluding carboxylic acids is 2. The van der Waals surface area contributed by atoms with E-state index in [-0.39, 0.29) is 23.8 Å². The quantitative estimate of drug-likeness (QED) is 0.928. The summed E-state index contributed by atoms with van der Waals surface area (Å²) < 4.78 is 1.90. The first-order valence-electron chi connectivity index (χ1n) is 7.57. The Kier molecular flexibility index (Phi) is 3.83. The molecule has 0 aliphatic carbocycles. The third-order valence-corrected chi connectivity index (χ3v) is 4.46. The van der Waals surface area contributed by atoms with E-state index in [9.17, 15) is 9.59 Å². The lowest BCUT2D eigenvalue weighted by atomic mass is 9.96. The highest BCUT2D eigenvalue weighted by molar-refractivity contribution is 5.84. The largest absolute Gasteiger partial charge is 0.369 e. The Hall–Kier alpha value is -2.37. The molecule has 6 nitrogen and oxygen atoms in total. The zero-order valence-electron chi connectivity index (χ0n) is 12.6. The van der Waals surface area contributed by atoms with Crippen LogP contribution < -0.4 is 5.73 Å². The summed E-state index contributed by atoms with van der Waals surface area (Å²) in [7, 11) is 0. The molecule has 116 valence electrons. The molecule has 0 saturated carbocycles. The Morgan fingerprint density at radius 3 is 2.64 bits per heavy atom. The maximum Gasteiger partial charge on any atom is 0.245 e. The number of likely N-dealkylation sites (tertiary alicyclic amines) is 1. The van der Waals surface area contributed by atoms with Crippen LogP contribution in [0.1, 0.15) is 25.8 Å². The Labute approximate surface area is 128 Å². The fraction of sp³-hybridized carbons (Fsp3) is 0.438. The molecular weight excluding hydrogens is 280 g/mol. The normalized spacial score (nSPS) is 17.6. The molecule has 2 heterocycles. The minimum absolute atomic E-state index is 0.0612. The van der Waals surface area contributed by atoms with Crippen molar-refractivity contribution in [2.75, 3.05) is 13.1 Å². The number of amides is 2. The van der Waals surface area contributed by atoms with Gasteiger partial charge in [0.2, 0.25) is 11.8 Å². The second-order valence-corrected chi connectivity index (χ2v) is 5.82. The molecule has 1 aliphatic rings. The van der Waals surface area contributed by atoms with Gasteiger partial charge in [0.1, 0.15) is 6.04 Å². The maximum atomic E-state index is 12.7. The number of benzene rings is 1. The first kappa shape index (κ1) is 14.6. The lowest BCUT2D eigenvalue weighted by Crippen LogP contribution is -2.44. The highest BCUT2D eigenvalue weighted by Gasteiger charge is 2.29. The standard InChI is InChI=1S/C16H20N4O2/c1-11(20-10-18-13-4-2-3-5-14(13)20)16(22)19-8-6-12(7-9-19)15(17)21/h2-5,10-12H,6-9H2,1H3,(H2,17,21). The van der Waals surface area contributed by atoms with Crippen LogP contribution in [0.4, 0.5) is 0 Å². The van der Waals surface area contributed by atoms with E-state index in [1.807, 2.05) is 40.7 Å². The van der Waals surface area contributed by atoms with Gasteiger partial charge in [0.05, 0.1) is 17.4 Å². The van der Waals surface area contributed by atoms with Gasteiger partial charge in [-0.3, -0.25) is 9.59 Å². The molecule has 0 radical (unpaired) electrons. The first-order chi connectivity index (χ1) is 10.6. The van der Waals surface area contributed by atoms with Crippen molar-refractivity contribution < 1.29 is 9.59 Å². The van der Waals surface area contributed by atoms with E-state index in [0.717, 1.165) is 11.0 Å². The topological polar surface area (TPSA) is 81.2 Å². The van der Waals surface area contributed by atoms with Crippen LogP contribution in [0.2, 0.25) is 0 Å². The van der Waals surface area contributed by atoms with E-state index >= 15 is 0 Å². The average molecular weight is 300 g/mol.